The fraction of sp³-hybridized carbons (Fsp3) is 0.286. The molecule has 7 heteroatoms. The first-order valence-corrected chi connectivity index (χ1v) is 7.30. The van der Waals surface area contributed by atoms with Crippen molar-refractivity contribution in [2.45, 2.75) is 26.3 Å². The van der Waals surface area contributed by atoms with Crippen molar-refractivity contribution in [3.8, 4) is 11.4 Å². The molecule has 0 saturated carbocycles. The molecule has 1 heterocycles. The van der Waals surface area contributed by atoms with E-state index >= 15 is 0 Å². The molecule has 0 saturated heterocycles. The van der Waals surface area contributed by atoms with Crippen molar-refractivity contribution in [2.24, 2.45) is 0 Å². The zero-order valence-electron chi connectivity index (χ0n) is 11.7. The van der Waals surface area contributed by atoms with Crippen molar-refractivity contribution < 1.29 is 4.79 Å². The third kappa shape index (κ3) is 3.75. The van der Waals surface area contributed by atoms with Crippen LogP contribution < -0.4 is 10.9 Å². The number of carbonyl (C=O) groups is 1. The van der Waals surface area contributed by atoms with E-state index in [0.717, 1.165) is 10.0 Å². The normalized spacial score (nSPS) is 12.0. The van der Waals surface area contributed by atoms with E-state index in [1.807, 2.05) is 31.2 Å². The Kier molecular flexibility index (Phi) is 4.85. The Balaban J connectivity index is 2.34. The zero-order chi connectivity index (χ0) is 15.4. The smallest absolute Gasteiger partial charge is 0.275 e. The van der Waals surface area contributed by atoms with Crippen LogP contribution in [0.2, 0.25) is 0 Å². The molecule has 2 N–H and O–H groups in total. The van der Waals surface area contributed by atoms with Crippen LogP contribution >= 0.6 is 15.9 Å². The van der Waals surface area contributed by atoms with Crippen LogP contribution in [0.5, 0.6) is 0 Å². The largest absolute Gasteiger partial charge is 0.348 e. The monoisotopic (exact) mass is 350 g/mol. The molecule has 1 unspecified atom stereocenters. The van der Waals surface area contributed by atoms with Gasteiger partial charge in [0.25, 0.3) is 5.56 Å². The molecule has 1 aromatic heterocycles. The predicted octanol–water partition coefficient (Wildman–Crippen LogP) is 2.18. The Morgan fingerprint density at radius 1 is 1.33 bits per heavy atom. The van der Waals surface area contributed by atoms with E-state index in [-0.39, 0.29) is 17.2 Å². The molecule has 1 aromatic carbocycles. The molecule has 2 aromatic rings. The minimum absolute atomic E-state index is 0.208. The lowest BCUT2D eigenvalue weighted by molar-refractivity contribution is -0.119. The molecule has 110 valence electrons. The Bertz CT molecular complexity index is 697. The number of halogens is 1. The highest BCUT2D eigenvalue weighted by Crippen LogP contribution is 2.17. The summed E-state index contributed by atoms with van der Waals surface area (Å²) in [5, 5.41) is 10.7. The van der Waals surface area contributed by atoms with Gasteiger partial charge in [0.15, 0.2) is 11.5 Å². The lowest BCUT2D eigenvalue weighted by atomic mass is 10.1. The van der Waals surface area contributed by atoms with Gasteiger partial charge in [0.2, 0.25) is 5.91 Å². The van der Waals surface area contributed by atoms with Gasteiger partial charge in [-0.1, -0.05) is 35.0 Å². The molecule has 1 atom stereocenters. The molecular formula is C14H15BrN4O2. The third-order valence-corrected chi connectivity index (χ3v) is 3.48. The summed E-state index contributed by atoms with van der Waals surface area (Å²) in [6.07, 6.45) is 0.564. The van der Waals surface area contributed by atoms with Crippen molar-refractivity contribution >= 4 is 21.8 Å². The molecule has 21 heavy (non-hydrogen) atoms. The Morgan fingerprint density at radius 3 is 2.52 bits per heavy atom. The zero-order valence-corrected chi connectivity index (χ0v) is 13.3. The summed E-state index contributed by atoms with van der Waals surface area (Å²) in [6.45, 7) is 3.27. The van der Waals surface area contributed by atoms with Crippen LogP contribution in [0.15, 0.2) is 33.5 Å². The maximum absolute atomic E-state index is 12.1. The van der Waals surface area contributed by atoms with Crippen molar-refractivity contribution in [3.63, 3.8) is 0 Å². The third-order valence-electron chi connectivity index (χ3n) is 2.96. The van der Waals surface area contributed by atoms with Gasteiger partial charge in [0, 0.05) is 17.0 Å². The van der Waals surface area contributed by atoms with Crippen LogP contribution in [-0.2, 0) is 4.79 Å². The number of amides is 1. The Labute approximate surface area is 130 Å². The van der Waals surface area contributed by atoms with E-state index in [4.69, 9.17) is 0 Å². The number of rotatable bonds is 4. The average Bonchev–Trinajstić information content (AvgIpc) is 2.45. The fourth-order valence-corrected chi connectivity index (χ4v) is 2.18. The van der Waals surface area contributed by atoms with Crippen molar-refractivity contribution in [1.82, 2.24) is 20.5 Å². The molecule has 2 rings (SSSR count). The van der Waals surface area contributed by atoms with Crippen LogP contribution in [0.25, 0.3) is 11.4 Å². The van der Waals surface area contributed by atoms with Crippen LogP contribution in [0.4, 0.5) is 0 Å². The Morgan fingerprint density at radius 2 is 2.00 bits per heavy atom. The lowest BCUT2D eigenvalue weighted by Crippen LogP contribution is -2.32. The average molecular weight is 351 g/mol. The van der Waals surface area contributed by atoms with Gasteiger partial charge in [-0.05, 0) is 18.6 Å². The first-order chi connectivity index (χ1) is 10.0. The minimum atomic E-state index is -0.433. The van der Waals surface area contributed by atoms with Crippen LogP contribution in [0, 0.1) is 0 Å². The summed E-state index contributed by atoms with van der Waals surface area (Å²) >= 11 is 3.35. The molecule has 0 aliphatic rings. The molecule has 0 spiro atoms. The number of nitrogens with zero attached hydrogens (tertiary/aromatic N) is 2. The van der Waals surface area contributed by atoms with Gasteiger partial charge >= 0.3 is 0 Å². The second-order valence-corrected chi connectivity index (χ2v) is 5.47. The van der Waals surface area contributed by atoms with Gasteiger partial charge in [0.1, 0.15) is 0 Å². The summed E-state index contributed by atoms with van der Waals surface area (Å²) in [7, 11) is 0. The van der Waals surface area contributed by atoms with Gasteiger partial charge in [-0.3, -0.25) is 9.59 Å². The number of aromatic amines is 1. The standard InChI is InChI=1S/C14H15BrN4O2/c1-3-11(16-8(2)20)12-14(21)17-13(19-18-12)9-4-6-10(15)7-5-9/h4-7,11H,3H2,1-2H3,(H,16,20)(H,17,19,21). The first-order valence-electron chi connectivity index (χ1n) is 6.51. The van der Waals surface area contributed by atoms with Crippen LogP contribution in [0.1, 0.15) is 32.0 Å². The second kappa shape index (κ2) is 6.62. The number of carbonyl (C=O) groups excluding carboxylic acids is 1. The molecule has 0 bridgehead atoms. The molecule has 0 radical (unpaired) electrons. The molecule has 1 amide bonds. The summed E-state index contributed by atoms with van der Waals surface area (Å²) in [6, 6.07) is 6.94. The van der Waals surface area contributed by atoms with E-state index in [0.29, 0.717) is 12.2 Å². The molecule has 0 fully saturated rings. The first kappa shape index (κ1) is 15.4. The van der Waals surface area contributed by atoms with Gasteiger partial charge in [-0.25, -0.2) is 0 Å². The van der Waals surface area contributed by atoms with E-state index in [9.17, 15) is 9.59 Å². The van der Waals surface area contributed by atoms with E-state index < -0.39 is 6.04 Å². The van der Waals surface area contributed by atoms with Crippen molar-refractivity contribution in [3.05, 3.63) is 44.8 Å². The van der Waals surface area contributed by atoms with Crippen molar-refractivity contribution in [2.75, 3.05) is 0 Å². The van der Waals surface area contributed by atoms with Crippen molar-refractivity contribution in [1.29, 1.82) is 0 Å². The molecule has 6 nitrogen and oxygen atoms in total. The summed E-state index contributed by atoms with van der Waals surface area (Å²) in [5.41, 5.74) is 0.638. The topological polar surface area (TPSA) is 87.7 Å². The number of nitrogens with one attached hydrogen (secondary N) is 2. The fourth-order valence-electron chi connectivity index (χ4n) is 1.92. The quantitative estimate of drug-likeness (QED) is 0.884. The molecule has 0 aliphatic carbocycles. The minimum Gasteiger partial charge on any atom is -0.348 e. The maximum Gasteiger partial charge on any atom is 0.275 e. The number of aromatic nitrogens is 3. The van der Waals surface area contributed by atoms with Crippen LogP contribution in [0.3, 0.4) is 0 Å². The highest BCUT2D eigenvalue weighted by Gasteiger charge is 2.17. The van der Waals surface area contributed by atoms with Gasteiger partial charge in [-0.2, -0.15) is 0 Å². The number of hydrogen-bond acceptors (Lipinski definition) is 4. The van der Waals surface area contributed by atoms with E-state index in [2.05, 4.69) is 36.4 Å². The van der Waals surface area contributed by atoms with Gasteiger partial charge in [0.05, 0.1) is 6.04 Å². The highest BCUT2D eigenvalue weighted by atomic mass is 79.9. The molecular weight excluding hydrogens is 336 g/mol. The van der Waals surface area contributed by atoms with E-state index in [1.165, 1.54) is 6.92 Å². The summed E-state index contributed by atoms with van der Waals surface area (Å²) in [4.78, 5) is 26.0. The summed E-state index contributed by atoms with van der Waals surface area (Å²) < 4.78 is 0.940. The van der Waals surface area contributed by atoms with Gasteiger partial charge in [-0.15, -0.1) is 10.2 Å². The van der Waals surface area contributed by atoms with E-state index in [1.54, 1.807) is 0 Å². The molecule has 0 aliphatic heterocycles. The Hall–Kier alpha value is -2.02. The summed E-state index contributed by atoms with van der Waals surface area (Å²) in [5.74, 6) is 0.189. The maximum atomic E-state index is 12.1. The second-order valence-electron chi connectivity index (χ2n) is 4.56. The number of benzene rings is 1. The predicted molar refractivity (Wildman–Crippen MR) is 82.6 cm³/mol. The lowest BCUT2D eigenvalue weighted by Gasteiger charge is -2.13. The highest BCUT2D eigenvalue weighted by molar-refractivity contribution is 9.10. The number of H-pyrrole nitrogens is 1. The SMILES string of the molecule is CCC(NC(C)=O)c1nnc(-c2ccc(Br)cc2)[nH]c1=O. The number of hydrogen-bond donors (Lipinski definition) is 2. The van der Waals surface area contributed by atoms with Gasteiger partial charge < -0.3 is 10.3 Å². The van der Waals surface area contributed by atoms with Crippen LogP contribution in [-0.4, -0.2) is 21.1 Å².